The number of rotatable bonds is 4. The van der Waals surface area contributed by atoms with Gasteiger partial charge in [-0.15, -0.1) is 11.3 Å². The maximum absolute atomic E-state index is 11.7. The average Bonchev–Trinajstić information content (AvgIpc) is 2.91. The highest BCUT2D eigenvalue weighted by Crippen LogP contribution is 2.23. The summed E-state index contributed by atoms with van der Waals surface area (Å²) in [6.07, 6.45) is 2.04. The molecule has 18 heavy (non-hydrogen) atoms. The van der Waals surface area contributed by atoms with E-state index in [1.54, 1.807) is 0 Å². The average molecular weight is 264 g/mol. The highest BCUT2D eigenvalue weighted by molar-refractivity contribution is 7.10. The predicted octanol–water partition coefficient (Wildman–Crippen LogP) is 1.07. The zero-order valence-electron chi connectivity index (χ0n) is 9.50. The van der Waals surface area contributed by atoms with Crippen LogP contribution in [0.1, 0.15) is 40.3 Å². The van der Waals surface area contributed by atoms with Gasteiger partial charge in [0, 0.05) is 10.9 Å². The summed E-state index contributed by atoms with van der Waals surface area (Å²) in [5.41, 5.74) is 5.97. The van der Waals surface area contributed by atoms with Crippen LogP contribution < -0.4 is 11.1 Å². The standard InChI is InChI=1S/C11H12N4O2S/c12-8(7-2-1-5-18-7)11-14-9(15-17-11)10(16)13-6-3-4-6/h1-2,5-6,8H,3-4,12H2,(H,13,16). The van der Waals surface area contributed by atoms with Crippen LogP contribution in [-0.2, 0) is 0 Å². The van der Waals surface area contributed by atoms with Crippen molar-refractivity contribution in [1.29, 1.82) is 0 Å². The number of carbonyl (C=O) groups is 1. The fourth-order valence-corrected chi connectivity index (χ4v) is 2.24. The third-order valence-electron chi connectivity index (χ3n) is 2.67. The Labute approximate surface area is 107 Å². The summed E-state index contributed by atoms with van der Waals surface area (Å²) in [7, 11) is 0. The molecule has 1 amide bonds. The SMILES string of the molecule is NC(c1nc(C(=O)NC2CC2)no1)c1cccs1. The van der Waals surface area contributed by atoms with Crippen LogP contribution >= 0.6 is 11.3 Å². The van der Waals surface area contributed by atoms with Crippen LogP contribution in [0.2, 0.25) is 0 Å². The molecule has 2 aromatic rings. The van der Waals surface area contributed by atoms with Gasteiger partial charge in [-0.05, 0) is 24.3 Å². The van der Waals surface area contributed by atoms with Crippen molar-refractivity contribution >= 4 is 17.2 Å². The van der Waals surface area contributed by atoms with E-state index in [0.717, 1.165) is 17.7 Å². The molecule has 1 saturated carbocycles. The Hall–Kier alpha value is -1.73. The first-order chi connectivity index (χ1) is 8.74. The van der Waals surface area contributed by atoms with E-state index in [1.165, 1.54) is 11.3 Å². The Morgan fingerprint density at radius 2 is 2.44 bits per heavy atom. The number of aromatic nitrogens is 2. The molecule has 94 valence electrons. The fraction of sp³-hybridized carbons (Fsp3) is 0.364. The number of hydrogen-bond donors (Lipinski definition) is 2. The molecule has 1 aliphatic carbocycles. The molecule has 0 spiro atoms. The minimum Gasteiger partial charge on any atom is -0.346 e. The minimum absolute atomic E-state index is 0.0453. The molecule has 6 nitrogen and oxygen atoms in total. The van der Waals surface area contributed by atoms with E-state index in [-0.39, 0.29) is 23.7 Å². The summed E-state index contributed by atoms with van der Waals surface area (Å²) in [5, 5.41) is 8.37. The van der Waals surface area contributed by atoms with Crippen molar-refractivity contribution in [3.8, 4) is 0 Å². The van der Waals surface area contributed by atoms with Gasteiger partial charge in [-0.1, -0.05) is 11.2 Å². The van der Waals surface area contributed by atoms with Crippen LogP contribution in [0.4, 0.5) is 0 Å². The molecule has 3 N–H and O–H groups in total. The first-order valence-electron chi connectivity index (χ1n) is 5.67. The quantitative estimate of drug-likeness (QED) is 0.861. The maximum atomic E-state index is 11.7. The number of nitrogens with two attached hydrogens (primary N) is 1. The van der Waals surface area contributed by atoms with Crippen LogP contribution in [0, 0.1) is 0 Å². The van der Waals surface area contributed by atoms with Crippen LogP contribution in [0.25, 0.3) is 0 Å². The van der Waals surface area contributed by atoms with E-state index in [4.69, 9.17) is 10.3 Å². The molecule has 1 aliphatic rings. The lowest BCUT2D eigenvalue weighted by Crippen LogP contribution is -2.26. The second kappa shape index (κ2) is 4.51. The number of amides is 1. The van der Waals surface area contributed by atoms with Crippen molar-refractivity contribution in [3.05, 3.63) is 34.1 Å². The Morgan fingerprint density at radius 1 is 1.61 bits per heavy atom. The molecule has 2 heterocycles. The lowest BCUT2D eigenvalue weighted by molar-refractivity contribution is 0.0937. The lowest BCUT2D eigenvalue weighted by atomic mass is 10.2. The molecule has 0 aromatic carbocycles. The molecule has 1 fully saturated rings. The zero-order chi connectivity index (χ0) is 12.5. The fourth-order valence-electron chi connectivity index (χ4n) is 1.52. The monoisotopic (exact) mass is 264 g/mol. The summed E-state index contributed by atoms with van der Waals surface area (Å²) >= 11 is 1.51. The number of nitrogens with zero attached hydrogens (tertiary/aromatic N) is 2. The molecule has 0 aliphatic heterocycles. The molecule has 0 saturated heterocycles. The Kier molecular flexibility index (Phi) is 2.85. The van der Waals surface area contributed by atoms with E-state index in [2.05, 4.69) is 15.5 Å². The second-order valence-corrected chi connectivity index (χ2v) is 5.18. The van der Waals surface area contributed by atoms with Gasteiger partial charge in [0.05, 0.1) is 0 Å². The molecule has 7 heteroatoms. The van der Waals surface area contributed by atoms with Crippen molar-refractivity contribution in [3.63, 3.8) is 0 Å². The molecule has 1 atom stereocenters. The van der Waals surface area contributed by atoms with Crippen molar-refractivity contribution < 1.29 is 9.32 Å². The first kappa shape index (κ1) is 11.4. The van der Waals surface area contributed by atoms with Crippen molar-refractivity contribution in [2.45, 2.75) is 24.9 Å². The number of hydrogen-bond acceptors (Lipinski definition) is 6. The normalized spacial score (nSPS) is 16.5. The smallest absolute Gasteiger partial charge is 0.292 e. The molecular weight excluding hydrogens is 252 g/mol. The van der Waals surface area contributed by atoms with Crippen LogP contribution in [0.3, 0.4) is 0 Å². The zero-order valence-corrected chi connectivity index (χ0v) is 10.3. The van der Waals surface area contributed by atoms with E-state index in [9.17, 15) is 4.79 Å². The third-order valence-corrected chi connectivity index (χ3v) is 3.63. The molecule has 2 aromatic heterocycles. The summed E-state index contributed by atoms with van der Waals surface area (Å²) in [5.74, 6) is 0.00758. The summed E-state index contributed by atoms with van der Waals surface area (Å²) in [4.78, 5) is 16.6. The third kappa shape index (κ3) is 2.27. The van der Waals surface area contributed by atoms with Gasteiger partial charge in [-0.3, -0.25) is 4.79 Å². The highest BCUT2D eigenvalue weighted by Gasteiger charge is 2.27. The van der Waals surface area contributed by atoms with Gasteiger partial charge in [0.25, 0.3) is 11.7 Å². The van der Waals surface area contributed by atoms with E-state index >= 15 is 0 Å². The predicted molar refractivity (Wildman–Crippen MR) is 65.1 cm³/mol. The second-order valence-electron chi connectivity index (χ2n) is 4.20. The summed E-state index contributed by atoms with van der Waals surface area (Å²) < 4.78 is 5.03. The van der Waals surface area contributed by atoms with Crippen molar-refractivity contribution in [2.75, 3.05) is 0 Å². The topological polar surface area (TPSA) is 94.0 Å². The molecule has 1 unspecified atom stereocenters. The van der Waals surface area contributed by atoms with Gasteiger partial charge < -0.3 is 15.6 Å². The molecule has 3 rings (SSSR count). The molecule has 0 radical (unpaired) electrons. The molecule has 0 bridgehead atoms. The van der Waals surface area contributed by atoms with Gasteiger partial charge in [0.2, 0.25) is 5.89 Å². The van der Waals surface area contributed by atoms with E-state index in [1.807, 2.05) is 17.5 Å². The minimum atomic E-state index is -0.472. The van der Waals surface area contributed by atoms with E-state index < -0.39 is 6.04 Å². The van der Waals surface area contributed by atoms with Crippen molar-refractivity contribution in [1.82, 2.24) is 15.5 Å². The number of nitrogens with one attached hydrogen (secondary N) is 1. The van der Waals surface area contributed by atoms with Crippen molar-refractivity contribution in [2.24, 2.45) is 5.73 Å². The van der Waals surface area contributed by atoms with Crippen LogP contribution in [0.15, 0.2) is 22.0 Å². The van der Waals surface area contributed by atoms with E-state index in [0.29, 0.717) is 0 Å². The maximum Gasteiger partial charge on any atom is 0.292 e. The number of thiophene rings is 1. The lowest BCUT2D eigenvalue weighted by Gasteiger charge is -2.01. The van der Waals surface area contributed by atoms with Gasteiger partial charge in [-0.2, -0.15) is 4.98 Å². The van der Waals surface area contributed by atoms with Gasteiger partial charge in [0.1, 0.15) is 6.04 Å². The van der Waals surface area contributed by atoms with Crippen LogP contribution in [-0.4, -0.2) is 22.1 Å². The van der Waals surface area contributed by atoms with Crippen LogP contribution in [0.5, 0.6) is 0 Å². The Balaban J connectivity index is 1.74. The van der Waals surface area contributed by atoms with Gasteiger partial charge >= 0.3 is 0 Å². The Morgan fingerprint density at radius 3 is 3.11 bits per heavy atom. The Bertz CT molecular complexity index is 547. The highest BCUT2D eigenvalue weighted by atomic mass is 32.1. The summed E-state index contributed by atoms with van der Waals surface area (Å²) in [6, 6.07) is 3.59. The summed E-state index contributed by atoms with van der Waals surface area (Å²) in [6.45, 7) is 0. The van der Waals surface area contributed by atoms with Gasteiger partial charge in [-0.25, -0.2) is 0 Å². The van der Waals surface area contributed by atoms with Gasteiger partial charge in [0.15, 0.2) is 0 Å². The largest absolute Gasteiger partial charge is 0.346 e. The molecular formula is C11H12N4O2S. The number of carbonyl (C=O) groups excluding carboxylic acids is 1. The first-order valence-corrected chi connectivity index (χ1v) is 6.55.